The Kier molecular flexibility index (Phi) is 3.19. The van der Waals surface area contributed by atoms with Crippen LogP contribution in [-0.2, 0) is 7.05 Å². The van der Waals surface area contributed by atoms with Gasteiger partial charge in [-0.2, -0.15) is 0 Å². The molecule has 17 heavy (non-hydrogen) atoms. The zero-order valence-electron chi connectivity index (χ0n) is 9.68. The average molecular weight is 247 g/mol. The number of benzene rings is 1. The van der Waals surface area contributed by atoms with Crippen molar-refractivity contribution < 1.29 is 4.79 Å². The number of imidazole rings is 1. The van der Waals surface area contributed by atoms with Crippen molar-refractivity contribution in [2.75, 3.05) is 5.73 Å². The number of ketones is 1. The molecule has 0 saturated heterocycles. The molecule has 5 heteroatoms. The van der Waals surface area contributed by atoms with Gasteiger partial charge < -0.3 is 10.3 Å². The van der Waals surface area contributed by atoms with Crippen LogP contribution < -0.4 is 5.73 Å². The van der Waals surface area contributed by atoms with E-state index >= 15 is 0 Å². The number of hydrogen-bond acceptors (Lipinski definition) is 4. The molecule has 2 rings (SSSR count). The van der Waals surface area contributed by atoms with Crippen LogP contribution in [0.3, 0.4) is 0 Å². The highest BCUT2D eigenvalue weighted by molar-refractivity contribution is 7.99. The van der Waals surface area contributed by atoms with Crippen LogP contribution in [0.2, 0.25) is 0 Å². The number of anilines is 1. The zero-order valence-corrected chi connectivity index (χ0v) is 10.5. The number of hydrogen-bond donors (Lipinski definition) is 1. The van der Waals surface area contributed by atoms with E-state index in [2.05, 4.69) is 4.98 Å². The second kappa shape index (κ2) is 4.63. The summed E-state index contributed by atoms with van der Waals surface area (Å²) in [5.74, 6) is -0.0233. The van der Waals surface area contributed by atoms with Gasteiger partial charge in [-0.05, 0) is 25.1 Å². The SMILES string of the molecule is CC(=O)c1cc(Sc2nccn2C)ccc1N. The lowest BCUT2D eigenvalue weighted by Crippen LogP contribution is -1.99. The Balaban J connectivity index is 2.32. The molecule has 2 N–H and O–H groups in total. The van der Waals surface area contributed by atoms with Crippen LogP contribution in [-0.4, -0.2) is 15.3 Å². The molecule has 0 amide bonds. The summed E-state index contributed by atoms with van der Waals surface area (Å²) in [6.07, 6.45) is 3.62. The molecule has 1 aromatic heterocycles. The van der Waals surface area contributed by atoms with Crippen LogP contribution in [0.5, 0.6) is 0 Å². The minimum Gasteiger partial charge on any atom is -0.398 e. The van der Waals surface area contributed by atoms with Crippen LogP contribution in [0.1, 0.15) is 17.3 Å². The molecule has 0 bridgehead atoms. The summed E-state index contributed by atoms with van der Waals surface area (Å²) >= 11 is 1.51. The monoisotopic (exact) mass is 247 g/mol. The van der Waals surface area contributed by atoms with Gasteiger partial charge in [-0.15, -0.1) is 0 Å². The third-order valence-electron chi connectivity index (χ3n) is 2.39. The van der Waals surface area contributed by atoms with Gasteiger partial charge in [0.25, 0.3) is 0 Å². The molecule has 0 aliphatic rings. The number of carbonyl (C=O) groups is 1. The van der Waals surface area contributed by atoms with E-state index in [1.807, 2.05) is 23.9 Å². The second-order valence-corrected chi connectivity index (χ2v) is 4.77. The predicted molar refractivity (Wildman–Crippen MR) is 68.2 cm³/mol. The van der Waals surface area contributed by atoms with Crippen molar-refractivity contribution in [3.05, 3.63) is 36.2 Å². The number of carbonyl (C=O) groups excluding carboxylic acids is 1. The van der Waals surface area contributed by atoms with Gasteiger partial charge in [0.2, 0.25) is 0 Å². The Bertz CT molecular complexity index is 563. The van der Waals surface area contributed by atoms with Crippen LogP contribution >= 0.6 is 11.8 Å². The summed E-state index contributed by atoms with van der Waals surface area (Å²) in [5, 5.41) is 0.879. The van der Waals surface area contributed by atoms with Gasteiger partial charge in [-0.1, -0.05) is 11.8 Å². The van der Waals surface area contributed by atoms with Gasteiger partial charge in [-0.25, -0.2) is 4.98 Å². The molecule has 0 unspecified atom stereocenters. The lowest BCUT2D eigenvalue weighted by atomic mass is 10.1. The molecule has 88 valence electrons. The molecule has 0 fully saturated rings. The first-order valence-corrected chi connectivity index (χ1v) is 5.95. The highest BCUT2D eigenvalue weighted by Crippen LogP contribution is 2.28. The lowest BCUT2D eigenvalue weighted by Gasteiger charge is -2.05. The van der Waals surface area contributed by atoms with Gasteiger partial charge in [0, 0.05) is 35.6 Å². The Morgan fingerprint density at radius 2 is 2.24 bits per heavy atom. The Morgan fingerprint density at radius 1 is 1.47 bits per heavy atom. The summed E-state index contributed by atoms with van der Waals surface area (Å²) in [7, 11) is 1.93. The molecule has 2 aromatic rings. The van der Waals surface area contributed by atoms with E-state index < -0.39 is 0 Å². The van der Waals surface area contributed by atoms with Crippen molar-refractivity contribution >= 4 is 23.2 Å². The van der Waals surface area contributed by atoms with Crippen molar-refractivity contribution in [1.82, 2.24) is 9.55 Å². The molecule has 4 nitrogen and oxygen atoms in total. The third kappa shape index (κ3) is 2.50. The smallest absolute Gasteiger partial charge is 0.172 e. The molecule has 0 spiro atoms. The number of nitrogens with zero attached hydrogens (tertiary/aromatic N) is 2. The highest BCUT2D eigenvalue weighted by atomic mass is 32.2. The first kappa shape index (κ1) is 11.7. The number of nitrogens with two attached hydrogens (primary N) is 1. The fourth-order valence-electron chi connectivity index (χ4n) is 1.46. The van der Waals surface area contributed by atoms with Crippen molar-refractivity contribution in [2.24, 2.45) is 7.05 Å². The van der Waals surface area contributed by atoms with Gasteiger partial charge in [0.1, 0.15) is 0 Å². The first-order valence-electron chi connectivity index (χ1n) is 5.13. The van der Waals surface area contributed by atoms with E-state index in [1.165, 1.54) is 18.7 Å². The number of aryl methyl sites for hydroxylation is 1. The molecule has 1 heterocycles. The predicted octanol–water partition coefficient (Wildman–Crippen LogP) is 2.36. The maximum Gasteiger partial charge on any atom is 0.172 e. The molecule has 0 atom stereocenters. The largest absolute Gasteiger partial charge is 0.398 e. The molecule has 0 saturated carbocycles. The summed E-state index contributed by atoms with van der Waals surface area (Å²) in [6.45, 7) is 1.51. The van der Waals surface area contributed by atoms with Gasteiger partial charge in [-0.3, -0.25) is 4.79 Å². The van der Waals surface area contributed by atoms with Gasteiger partial charge >= 0.3 is 0 Å². The summed E-state index contributed by atoms with van der Waals surface area (Å²) in [6, 6.07) is 5.44. The minimum absolute atomic E-state index is 0.0233. The van der Waals surface area contributed by atoms with Gasteiger partial charge in [0.05, 0.1) is 0 Å². The minimum atomic E-state index is -0.0233. The van der Waals surface area contributed by atoms with Crippen LogP contribution in [0.15, 0.2) is 40.6 Å². The first-order chi connectivity index (χ1) is 8.08. The number of Topliss-reactive ketones (excluding diaryl/α,β-unsaturated/α-hetero) is 1. The summed E-state index contributed by atoms with van der Waals surface area (Å²) in [5.41, 5.74) is 6.82. The van der Waals surface area contributed by atoms with Crippen molar-refractivity contribution in [2.45, 2.75) is 17.0 Å². The van der Waals surface area contributed by atoms with Crippen molar-refractivity contribution in [3.8, 4) is 0 Å². The van der Waals surface area contributed by atoms with Gasteiger partial charge in [0.15, 0.2) is 10.9 Å². The fraction of sp³-hybridized carbons (Fsp3) is 0.167. The summed E-state index contributed by atoms with van der Waals surface area (Å²) < 4.78 is 1.93. The normalized spacial score (nSPS) is 10.5. The molecule has 0 radical (unpaired) electrons. The summed E-state index contributed by atoms with van der Waals surface area (Å²) in [4.78, 5) is 16.6. The lowest BCUT2D eigenvalue weighted by molar-refractivity contribution is 0.101. The van der Waals surface area contributed by atoms with Crippen molar-refractivity contribution in [1.29, 1.82) is 0 Å². The third-order valence-corrected chi connectivity index (χ3v) is 3.46. The van der Waals surface area contributed by atoms with Crippen LogP contribution in [0.4, 0.5) is 5.69 Å². The Hall–Kier alpha value is -1.75. The topological polar surface area (TPSA) is 60.9 Å². The molecular formula is C12H13N3OS. The number of rotatable bonds is 3. The van der Waals surface area contributed by atoms with E-state index in [1.54, 1.807) is 18.3 Å². The molecular weight excluding hydrogens is 234 g/mol. The van der Waals surface area contributed by atoms with Crippen molar-refractivity contribution in [3.63, 3.8) is 0 Å². The standard InChI is InChI=1S/C12H13N3OS/c1-8(16)10-7-9(3-4-11(10)13)17-12-14-5-6-15(12)2/h3-7H,13H2,1-2H3. The maximum absolute atomic E-state index is 11.4. The maximum atomic E-state index is 11.4. The quantitative estimate of drug-likeness (QED) is 0.668. The Morgan fingerprint density at radius 3 is 2.82 bits per heavy atom. The van der Waals surface area contributed by atoms with Crippen LogP contribution in [0.25, 0.3) is 0 Å². The van der Waals surface area contributed by atoms with E-state index in [-0.39, 0.29) is 5.78 Å². The second-order valence-electron chi connectivity index (χ2n) is 3.73. The number of nitrogen functional groups attached to an aromatic ring is 1. The van der Waals surface area contributed by atoms with E-state index in [0.717, 1.165) is 10.1 Å². The molecule has 1 aromatic carbocycles. The van der Waals surface area contributed by atoms with E-state index in [9.17, 15) is 4.79 Å². The van der Waals surface area contributed by atoms with E-state index in [4.69, 9.17) is 5.73 Å². The highest BCUT2D eigenvalue weighted by Gasteiger charge is 2.08. The number of aromatic nitrogens is 2. The molecule has 0 aliphatic carbocycles. The fourth-order valence-corrected chi connectivity index (χ4v) is 2.30. The van der Waals surface area contributed by atoms with Crippen LogP contribution in [0, 0.1) is 0 Å². The zero-order chi connectivity index (χ0) is 12.4. The average Bonchev–Trinajstić information content (AvgIpc) is 2.67. The van der Waals surface area contributed by atoms with E-state index in [0.29, 0.717) is 11.3 Å². The molecule has 0 aliphatic heterocycles. The Labute approximate surface area is 104 Å².